The molecule has 1 N–H and O–H groups in total. The third-order valence-corrected chi connectivity index (χ3v) is 4.31. The van der Waals surface area contributed by atoms with Gasteiger partial charge in [-0.05, 0) is 43.6 Å². The van der Waals surface area contributed by atoms with Gasteiger partial charge in [0.25, 0.3) is 5.91 Å². The van der Waals surface area contributed by atoms with E-state index in [0.717, 1.165) is 19.4 Å². The number of aliphatic hydroxyl groups excluding tert-OH is 1. The van der Waals surface area contributed by atoms with E-state index in [0.29, 0.717) is 36.4 Å². The Labute approximate surface area is 124 Å². The second-order valence-electron chi connectivity index (χ2n) is 6.06. The quantitative estimate of drug-likeness (QED) is 0.897. The summed E-state index contributed by atoms with van der Waals surface area (Å²) in [6, 6.07) is 3.56. The highest BCUT2D eigenvalue weighted by Gasteiger charge is 2.24. The molecule has 0 atom stereocenters. The SMILES string of the molecule is O=C(c1ccc(OCC2CC2)nc1)N1CCC(CO)CC1. The molecule has 2 heterocycles. The summed E-state index contributed by atoms with van der Waals surface area (Å²) in [6.45, 7) is 2.37. The molecule has 1 aliphatic carbocycles. The molecule has 1 aromatic rings. The summed E-state index contributed by atoms with van der Waals surface area (Å²) >= 11 is 0. The lowest BCUT2D eigenvalue weighted by Gasteiger charge is -2.31. The van der Waals surface area contributed by atoms with E-state index < -0.39 is 0 Å². The first-order valence-electron chi connectivity index (χ1n) is 7.75. The van der Waals surface area contributed by atoms with Gasteiger partial charge in [-0.2, -0.15) is 0 Å². The van der Waals surface area contributed by atoms with E-state index in [1.807, 2.05) is 4.90 Å². The molecule has 21 heavy (non-hydrogen) atoms. The fraction of sp³-hybridized carbons (Fsp3) is 0.625. The number of carbonyl (C=O) groups excluding carboxylic acids is 1. The lowest BCUT2D eigenvalue weighted by atomic mass is 9.97. The summed E-state index contributed by atoms with van der Waals surface area (Å²) in [5.74, 6) is 1.65. The first-order chi connectivity index (χ1) is 10.3. The first-order valence-corrected chi connectivity index (χ1v) is 7.75. The smallest absolute Gasteiger partial charge is 0.255 e. The van der Waals surface area contributed by atoms with Crippen LogP contribution in [-0.4, -0.2) is 47.2 Å². The monoisotopic (exact) mass is 290 g/mol. The van der Waals surface area contributed by atoms with Crippen molar-refractivity contribution in [2.45, 2.75) is 25.7 Å². The number of aliphatic hydroxyl groups is 1. The molecule has 0 bridgehead atoms. The van der Waals surface area contributed by atoms with Gasteiger partial charge < -0.3 is 14.7 Å². The fourth-order valence-electron chi connectivity index (χ4n) is 2.58. The molecule has 1 saturated carbocycles. The van der Waals surface area contributed by atoms with Gasteiger partial charge in [0.15, 0.2) is 0 Å². The number of piperidine rings is 1. The molecule has 1 amide bonds. The van der Waals surface area contributed by atoms with Gasteiger partial charge in [-0.1, -0.05) is 0 Å². The van der Waals surface area contributed by atoms with Crippen molar-refractivity contribution in [1.29, 1.82) is 0 Å². The first kappa shape index (κ1) is 14.3. The van der Waals surface area contributed by atoms with E-state index in [2.05, 4.69) is 4.98 Å². The van der Waals surface area contributed by atoms with Crippen LogP contribution in [0.3, 0.4) is 0 Å². The number of amides is 1. The van der Waals surface area contributed by atoms with Crippen LogP contribution in [0.4, 0.5) is 0 Å². The molecule has 2 fully saturated rings. The number of hydrogen-bond acceptors (Lipinski definition) is 4. The molecule has 1 saturated heterocycles. The van der Waals surface area contributed by atoms with Gasteiger partial charge in [0, 0.05) is 32.0 Å². The Morgan fingerprint density at radius 2 is 2.00 bits per heavy atom. The van der Waals surface area contributed by atoms with Crippen molar-refractivity contribution < 1.29 is 14.6 Å². The number of aromatic nitrogens is 1. The Morgan fingerprint density at radius 3 is 2.57 bits per heavy atom. The van der Waals surface area contributed by atoms with Crippen LogP contribution in [0.2, 0.25) is 0 Å². The van der Waals surface area contributed by atoms with Crippen molar-refractivity contribution in [3.63, 3.8) is 0 Å². The van der Waals surface area contributed by atoms with Crippen LogP contribution < -0.4 is 4.74 Å². The van der Waals surface area contributed by atoms with E-state index >= 15 is 0 Å². The number of ether oxygens (including phenoxy) is 1. The van der Waals surface area contributed by atoms with Gasteiger partial charge in [-0.3, -0.25) is 4.79 Å². The van der Waals surface area contributed by atoms with Gasteiger partial charge in [-0.25, -0.2) is 4.98 Å². The highest BCUT2D eigenvalue weighted by Crippen LogP contribution is 2.29. The second kappa shape index (κ2) is 6.43. The van der Waals surface area contributed by atoms with Crippen LogP contribution in [0.25, 0.3) is 0 Å². The minimum atomic E-state index is 0.0210. The van der Waals surface area contributed by atoms with Crippen molar-refractivity contribution in [2.24, 2.45) is 11.8 Å². The Hall–Kier alpha value is -1.62. The summed E-state index contributed by atoms with van der Waals surface area (Å²) in [5, 5.41) is 9.13. The third-order valence-electron chi connectivity index (χ3n) is 4.31. The van der Waals surface area contributed by atoms with Crippen LogP contribution in [0.5, 0.6) is 5.88 Å². The van der Waals surface area contributed by atoms with Crippen molar-refractivity contribution in [3.8, 4) is 5.88 Å². The van der Waals surface area contributed by atoms with Gasteiger partial charge in [-0.15, -0.1) is 0 Å². The molecular formula is C16H22N2O3. The summed E-state index contributed by atoms with van der Waals surface area (Å²) in [6.07, 6.45) is 5.85. The number of hydrogen-bond donors (Lipinski definition) is 1. The molecule has 3 rings (SSSR count). The summed E-state index contributed by atoms with van der Waals surface area (Å²) in [5.41, 5.74) is 0.608. The standard InChI is InChI=1S/C16H22N2O3/c19-10-12-5-7-18(8-6-12)16(20)14-3-4-15(17-9-14)21-11-13-1-2-13/h3-4,9,12-13,19H,1-2,5-8,10-11H2. The summed E-state index contributed by atoms with van der Waals surface area (Å²) < 4.78 is 5.57. The molecular weight excluding hydrogens is 268 g/mol. The maximum atomic E-state index is 12.4. The summed E-state index contributed by atoms with van der Waals surface area (Å²) in [4.78, 5) is 18.4. The van der Waals surface area contributed by atoms with Gasteiger partial charge >= 0.3 is 0 Å². The molecule has 114 valence electrons. The Kier molecular flexibility index (Phi) is 4.39. The average Bonchev–Trinajstić information content (AvgIpc) is 3.37. The minimum absolute atomic E-state index is 0.0210. The molecule has 0 aromatic carbocycles. The molecule has 0 spiro atoms. The van der Waals surface area contributed by atoms with Crippen LogP contribution in [0, 0.1) is 11.8 Å². The maximum absolute atomic E-state index is 12.4. The normalized spacial score (nSPS) is 19.6. The Bertz CT molecular complexity index is 477. The van der Waals surface area contributed by atoms with Crippen LogP contribution in [-0.2, 0) is 0 Å². The van der Waals surface area contributed by atoms with E-state index in [4.69, 9.17) is 9.84 Å². The molecule has 5 heteroatoms. The van der Waals surface area contributed by atoms with Gasteiger partial charge in [0.1, 0.15) is 0 Å². The average molecular weight is 290 g/mol. The molecule has 0 unspecified atom stereocenters. The zero-order valence-electron chi connectivity index (χ0n) is 12.2. The third kappa shape index (κ3) is 3.73. The number of pyridine rings is 1. The van der Waals surface area contributed by atoms with Crippen LogP contribution in [0.1, 0.15) is 36.0 Å². The molecule has 0 radical (unpaired) electrons. The fourth-order valence-corrected chi connectivity index (χ4v) is 2.58. The lowest BCUT2D eigenvalue weighted by Crippen LogP contribution is -2.39. The van der Waals surface area contributed by atoms with Crippen LogP contribution >= 0.6 is 0 Å². The van der Waals surface area contributed by atoms with Crippen molar-refractivity contribution >= 4 is 5.91 Å². The number of carbonyl (C=O) groups is 1. The Morgan fingerprint density at radius 1 is 1.24 bits per heavy atom. The van der Waals surface area contributed by atoms with E-state index in [9.17, 15) is 4.79 Å². The largest absolute Gasteiger partial charge is 0.477 e. The molecule has 1 aliphatic heterocycles. The van der Waals surface area contributed by atoms with Crippen molar-refractivity contribution in [2.75, 3.05) is 26.3 Å². The lowest BCUT2D eigenvalue weighted by molar-refractivity contribution is 0.0650. The zero-order valence-corrected chi connectivity index (χ0v) is 12.2. The van der Waals surface area contributed by atoms with Gasteiger partial charge in [0.05, 0.1) is 12.2 Å². The number of likely N-dealkylation sites (tertiary alicyclic amines) is 1. The highest BCUT2D eigenvalue weighted by atomic mass is 16.5. The van der Waals surface area contributed by atoms with Crippen LogP contribution in [0.15, 0.2) is 18.3 Å². The van der Waals surface area contributed by atoms with E-state index in [1.165, 1.54) is 12.8 Å². The molecule has 1 aromatic heterocycles. The van der Waals surface area contributed by atoms with E-state index in [-0.39, 0.29) is 12.5 Å². The Balaban J connectivity index is 1.54. The number of nitrogens with zero attached hydrogens (tertiary/aromatic N) is 2. The molecule has 5 nitrogen and oxygen atoms in total. The second-order valence-corrected chi connectivity index (χ2v) is 6.06. The van der Waals surface area contributed by atoms with E-state index in [1.54, 1.807) is 18.3 Å². The highest BCUT2D eigenvalue weighted by molar-refractivity contribution is 5.94. The summed E-state index contributed by atoms with van der Waals surface area (Å²) in [7, 11) is 0. The molecule has 2 aliphatic rings. The minimum Gasteiger partial charge on any atom is -0.477 e. The topological polar surface area (TPSA) is 62.7 Å². The van der Waals surface area contributed by atoms with Crippen molar-refractivity contribution in [1.82, 2.24) is 9.88 Å². The zero-order chi connectivity index (χ0) is 14.7. The maximum Gasteiger partial charge on any atom is 0.255 e. The van der Waals surface area contributed by atoms with Gasteiger partial charge in [0.2, 0.25) is 5.88 Å². The predicted molar refractivity (Wildman–Crippen MR) is 78.2 cm³/mol. The predicted octanol–water partition coefficient (Wildman–Crippen LogP) is 1.71. The number of rotatable bonds is 5. The van der Waals surface area contributed by atoms with Crippen molar-refractivity contribution in [3.05, 3.63) is 23.9 Å².